The lowest BCUT2D eigenvalue weighted by atomic mass is 10.1. The Hall–Kier alpha value is -2.87. The largest absolute Gasteiger partial charge is 0.494 e. The van der Waals surface area contributed by atoms with E-state index in [9.17, 15) is 5.11 Å². The minimum Gasteiger partial charge on any atom is -0.494 e. The van der Waals surface area contributed by atoms with Gasteiger partial charge in [-0.3, -0.25) is 9.58 Å². The lowest BCUT2D eigenvalue weighted by molar-refractivity contribution is -0.0646. The van der Waals surface area contributed by atoms with E-state index in [-0.39, 0.29) is 13.2 Å². The SMILES string of the molecule is Cc1ccc(OCC2(O)COCCN(Cc3cccc(OCCCn4cc(C)cn4)c3)C2)cc1. The maximum atomic E-state index is 11.2. The van der Waals surface area contributed by atoms with Crippen LogP contribution < -0.4 is 9.47 Å². The van der Waals surface area contributed by atoms with Crippen LogP contribution in [-0.4, -0.2) is 64.9 Å². The highest BCUT2D eigenvalue weighted by molar-refractivity contribution is 5.29. The van der Waals surface area contributed by atoms with E-state index in [2.05, 4.69) is 22.1 Å². The summed E-state index contributed by atoms with van der Waals surface area (Å²) in [6.07, 6.45) is 4.80. The summed E-state index contributed by atoms with van der Waals surface area (Å²) in [6.45, 7) is 8.51. The number of hydrogen-bond acceptors (Lipinski definition) is 6. The molecule has 0 aliphatic carbocycles. The molecule has 2 heterocycles. The van der Waals surface area contributed by atoms with E-state index in [0.717, 1.165) is 36.6 Å². The van der Waals surface area contributed by atoms with Gasteiger partial charge in [0.15, 0.2) is 0 Å². The Morgan fingerprint density at radius 1 is 1.06 bits per heavy atom. The van der Waals surface area contributed by atoms with E-state index in [1.54, 1.807) is 0 Å². The number of benzene rings is 2. The number of aromatic nitrogens is 2. The van der Waals surface area contributed by atoms with Gasteiger partial charge < -0.3 is 19.3 Å². The fourth-order valence-corrected chi connectivity index (χ4v) is 4.07. The Labute approximate surface area is 201 Å². The second-order valence-corrected chi connectivity index (χ2v) is 9.22. The van der Waals surface area contributed by atoms with Crippen LogP contribution in [0.25, 0.3) is 0 Å². The maximum Gasteiger partial charge on any atom is 0.134 e. The minimum atomic E-state index is -1.07. The van der Waals surface area contributed by atoms with Crippen molar-refractivity contribution in [1.29, 1.82) is 0 Å². The van der Waals surface area contributed by atoms with Crippen molar-refractivity contribution in [3.05, 3.63) is 77.6 Å². The van der Waals surface area contributed by atoms with Crippen LogP contribution in [0.4, 0.5) is 0 Å². The Balaban J connectivity index is 1.28. The first kappa shape index (κ1) is 24.3. The van der Waals surface area contributed by atoms with Crippen LogP contribution in [0.1, 0.15) is 23.1 Å². The van der Waals surface area contributed by atoms with Crippen molar-refractivity contribution in [3.8, 4) is 11.5 Å². The minimum absolute atomic E-state index is 0.186. The van der Waals surface area contributed by atoms with E-state index in [4.69, 9.17) is 14.2 Å². The third kappa shape index (κ3) is 7.32. The molecule has 1 N–H and O–H groups in total. The molecule has 0 radical (unpaired) electrons. The second kappa shape index (κ2) is 11.5. The zero-order valence-corrected chi connectivity index (χ0v) is 20.2. The molecule has 1 saturated heterocycles. The lowest BCUT2D eigenvalue weighted by Crippen LogP contribution is -2.48. The van der Waals surface area contributed by atoms with Crippen molar-refractivity contribution in [3.63, 3.8) is 0 Å². The molecule has 2 aromatic carbocycles. The highest BCUT2D eigenvalue weighted by Crippen LogP contribution is 2.20. The van der Waals surface area contributed by atoms with Crippen LogP contribution in [0, 0.1) is 13.8 Å². The lowest BCUT2D eigenvalue weighted by Gasteiger charge is -2.30. The average molecular weight is 466 g/mol. The summed E-state index contributed by atoms with van der Waals surface area (Å²) in [5.41, 5.74) is 2.42. The molecular formula is C27H35N3O4. The molecule has 1 aromatic heterocycles. The van der Waals surface area contributed by atoms with E-state index in [0.29, 0.717) is 26.3 Å². The van der Waals surface area contributed by atoms with Crippen molar-refractivity contribution in [1.82, 2.24) is 14.7 Å². The molecule has 0 spiro atoms. The predicted octanol–water partition coefficient (Wildman–Crippen LogP) is 3.61. The van der Waals surface area contributed by atoms with Gasteiger partial charge >= 0.3 is 0 Å². The van der Waals surface area contributed by atoms with Crippen LogP contribution in [-0.2, 0) is 17.8 Å². The highest BCUT2D eigenvalue weighted by atomic mass is 16.5. The van der Waals surface area contributed by atoms with Gasteiger partial charge in [0.05, 0.1) is 26.0 Å². The average Bonchev–Trinajstić information content (AvgIpc) is 3.15. The quantitative estimate of drug-likeness (QED) is 0.462. The molecule has 1 fully saturated rings. The molecule has 1 atom stereocenters. The molecule has 1 unspecified atom stereocenters. The van der Waals surface area contributed by atoms with Gasteiger partial charge in [-0.15, -0.1) is 0 Å². The molecule has 7 nitrogen and oxygen atoms in total. The number of rotatable bonds is 10. The first-order valence-corrected chi connectivity index (χ1v) is 11.9. The van der Waals surface area contributed by atoms with Crippen LogP contribution in [0.15, 0.2) is 60.9 Å². The number of aryl methyl sites for hydroxylation is 3. The monoisotopic (exact) mass is 465 g/mol. The summed E-state index contributed by atoms with van der Waals surface area (Å²) < 4.78 is 19.5. The zero-order valence-electron chi connectivity index (χ0n) is 20.2. The molecule has 0 bridgehead atoms. The van der Waals surface area contributed by atoms with E-state index in [1.807, 2.05) is 67.3 Å². The number of β-amino-alcohol motifs (C(OH)–C–C–N with tert-alkyl or cyclic N) is 1. The maximum absolute atomic E-state index is 11.2. The van der Waals surface area contributed by atoms with E-state index < -0.39 is 5.60 Å². The van der Waals surface area contributed by atoms with Gasteiger partial charge in [-0.25, -0.2) is 0 Å². The van der Waals surface area contributed by atoms with Crippen molar-refractivity contribution >= 4 is 0 Å². The van der Waals surface area contributed by atoms with Crippen molar-refractivity contribution in [2.75, 3.05) is 39.5 Å². The van der Waals surface area contributed by atoms with Crippen molar-refractivity contribution in [2.45, 2.75) is 39.0 Å². The Bertz CT molecular complexity index is 1040. The molecule has 0 amide bonds. The van der Waals surface area contributed by atoms with Gasteiger partial charge in [0.2, 0.25) is 0 Å². The summed E-state index contributed by atoms with van der Waals surface area (Å²) >= 11 is 0. The summed E-state index contributed by atoms with van der Waals surface area (Å²) in [7, 11) is 0. The van der Waals surface area contributed by atoms with Gasteiger partial charge in [-0.2, -0.15) is 5.10 Å². The van der Waals surface area contributed by atoms with E-state index in [1.165, 1.54) is 11.1 Å². The van der Waals surface area contributed by atoms with Gasteiger partial charge in [-0.05, 0) is 49.2 Å². The van der Waals surface area contributed by atoms with Crippen LogP contribution in [0.5, 0.6) is 11.5 Å². The number of nitrogens with zero attached hydrogens (tertiary/aromatic N) is 3. The summed E-state index contributed by atoms with van der Waals surface area (Å²) in [4.78, 5) is 2.21. The normalized spacial score (nSPS) is 19.0. The number of ether oxygens (including phenoxy) is 3. The third-order valence-corrected chi connectivity index (χ3v) is 5.84. The Morgan fingerprint density at radius 2 is 1.91 bits per heavy atom. The predicted molar refractivity (Wildman–Crippen MR) is 131 cm³/mol. The molecular weight excluding hydrogens is 430 g/mol. The van der Waals surface area contributed by atoms with Gasteiger partial charge in [0.25, 0.3) is 0 Å². The summed E-state index contributed by atoms with van der Waals surface area (Å²) in [5, 5.41) is 15.5. The second-order valence-electron chi connectivity index (χ2n) is 9.22. The van der Waals surface area contributed by atoms with Crippen molar-refractivity contribution in [2.24, 2.45) is 0 Å². The summed E-state index contributed by atoms with van der Waals surface area (Å²) in [5.74, 6) is 1.61. The van der Waals surface area contributed by atoms with Crippen LogP contribution in [0.2, 0.25) is 0 Å². The molecule has 4 rings (SSSR count). The Morgan fingerprint density at radius 3 is 2.71 bits per heavy atom. The number of aliphatic hydroxyl groups is 1. The third-order valence-electron chi connectivity index (χ3n) is 5.84. The molecule has 0 saturated carbocycles. The first-order chi connectivity index (χ1) is 16.5. The zero-order chi connectivity index (χ0) is 23.8. The molecule has 1 aliphatic heterocycles. The molecule has 1 aliphatic rings. The van der Waals surface area contributed by atoms with Gasteiger partial charge in [0, 0.05) is 38.8 Å². The van der Waals surface area contributed by atoms with Gasteiger partial charge in [-0.1, -0.05) is 29.8 Å². The number of hydrogen-bond donors (Lipinski definition) is 1. The topological polar surface area (TPSA) is 69.0 Å². The van der Waals surface area contributed by atoms with Crippen LogP contribution >= 0.6 is 0 Å². The fraction of sp³-hybridized carbons (Fsp3) is 0.444. The van der Waals surface area contributed by atoms with Gasteiger partial charge in [0.1, 0.15) is 23.7 Å². The first-order valence-electron chi connectivity index (χ1n) is 11.9. The fourth-order valence-electron chi connectivity index (χ4n) is 4.07. The molecule has 3 aromatic rings. The summed E-state index contributed by atoms with van der Waals surface area (Å²) in [6, 6.07) is 16.0. The van der Waals surface area contributed by atoms with Crippen molar-refractivity contribution < 1.29 is 19.3 Å². The molecule has 182 valence electrons. The molecule has 7 heteroatoms. The van der Waals surface area contributed by atoms with E-state index >= 15 is 0 Å². The highest BCUT2D eigenvalue weighted by Gasteiger charge is 2.33. The smallest absolute Gasteiger partial charge is 0.134 e. The van der Waals surface area contributed by atoms with Crippen LogP contribution in [0.3, 0.4) is 0 Å². The Kier molecular flexibility index (Phi) is 8.21. The molecule has 34 heavy (non-hydrogen) atoms. The standard InChI is InChI=1S/C27H35N3O4/c1-22-7-9-25(10-8-22)34-21-27(31)19-29(12-14-32-20-27)18-24-5-3-6-26(15-24)33-13-4-11-30-17-23(2)16-28-30/h3,5-10,15-17,31H,4,11-14,18-21H2,1-2H3.